The standard InChI is InChI=1S/C14H16O3/c1-3-5-12(15)14-9-10-8-11(16-4-2)6-7-13(10)17-14/h6-9H,3-5H2,1-2H3. The predicted octanol–water partition coefficient (Wildman–Crippen LogP) is 3.81. The summed E-state index contributed by atoms with van der Waals surface area (Å²) in [6, 6.07) is 7.37. The molecule has 0 spiro atoms. The van der Waals surface area contributed by atoms with Crippen LogP contribution in [0.25, 0.3) is 11.0 Å². The molecule has 3 nitrogen and oxygen atoms in total. The van der Waals surface area contributed by atoms with Crippen LogP contribution in [0.2, 0.25) is 0 Å². The number of benzene rings is 1. The van der Waals surface area contributed by atoms with Crippen molar-refractivity contribution >= 4 is 16.8 Å². The molecule has 0 fully saturated rings. The number of fused-ring (bicyclic) bond motifs is 1. The molecule has 0 atom stereocenters. The fourth-order valence-electron chi connectivity index (χ4n) is 1.77. The van der Waals surface area contributed by atoms with E-state index < -0.39 is 0 Å². The summed E-state index contributed by atoms with van der Waals surface area (Å²) >= 11 is 0. The molecule has 0 radical (unpaired) electrons. The van der Waals surface area contributed by atoms with E-state index in [1.54, 1.807) is 6.07 Å². The van der Waals surface area contributed by atoms with Crippen LogP contribution >= 0.6 is 0 Å². The van der Waals surface area contributed by atoms with Gasteiger partial charge in [-0.15, -0.1) is 0 Å². The number of Topliss-reactive ketones (excluding diaryl/α,β-unsaturated/α-hetero) is 1. The third-order valence-corrected chi connectivity index (χ3v) is 2.55. The van der Waals surface area contributed by atoms with Crippen molar-refractivity contribution in [3.05, 3.63) is 30.0 Å². The Balaban J connectivity index is 2.33. The predicted molar refractivity (Wildman–Crippen MR) is 66.6 cm³/mol. The van der Waals surface area contributed by atoms with E-state index >= 15 is 0 Å². The van der Waals surface area contributed by atoms with Gasteiger partial charge in [-0.2, -0.15) is 0 Å². The van der Waals surface area contributed by atoms with Gasteiger partial charge in [0.25, 0.3) is 0 Å². The molecule has 0 saturated carbocycles. The van der Waals surface area contributed by atoms with E-state index in [9.17, 15) is 4.79 Å². The Morgan fingerprint density at radius 2 is 2.12 bits per heavy atom. The van der Waals surface area contributed by atoms with Gasteiger partial charge in [-0.1, -0.05) is 6.92 Å². The molecule has 0 aliphatic heterocycles. The Morgan fingerprint density at radius 1 is 1.29 bits per heavy atom. The number of hydrogen-bond donors (Lipinski definition) is 0. The Hall–Kier alpha value is -1.77. The highest BCUT2D eigenvalue weighted by Crippen LogP contribution is 2.25. The summed E-state index contributed by atoms with van der Waals surface area (Å²) in [6.45, 7) is 4.55. The number of carbonyl (C=O) groups excluding carboxylic acids is 1. The van der Waals surface area contributed by atoms with Crippen LogP contribution < -0.4 is 4.74 Å². The lowest BCUT2D eigenvalue weighted by Gasteiger charge is -2.00. The number of ketones is 1. The number of rotatable bonds is 5. The highest BCUT2D eigenvalue weighted by atomic mass is 16.5. The maximum atomic E-state index is 11.7. The van der Waals surface area contributed by atoms with E-state index in [0.29, 0.717) is 18.8 Å². The van der Waals surface area contributed by atoms with Gasteiger partial charge in [-0.05, 0) is 37.6 Å². The number of ether oxygens (including phenoxy) is 1. The molecule has 1 heterocycles. The molecule has 17 heavy (non-hydrogen) atoms. The zero-order chi connectivity index (χ0) is 12.3. The second-order valence-corrected chi connectivity index (χ2v) is 3.92. The van der Waals surface area contributed by atoms with Crippen molar-refractivity contribution in [1.82, 2.24) is 0 Å². The van der Waals surface area contributed by atoms with Gasteiger partial charge in [-0.3, -0.25) is 4.79 Å². The minimum absolute atomic E-state index is 0.0571. The third-order valence-electron chi connectivity index (χ3n) is 2.55. The van der Waals surface area contributed by atoms with Gasteiger partial charge < -0.3 is 9.15 Å². The first-order chi connectivity index (χ1) is 8.24. The summed E-state index contributed by atoms with van der Waals surface area (Å²) in [7, 11) is 0. The molecule has 1 aromatic carbocycles. The van der Waals surface area contributed by atoms with Gasteiger partial charge in [0.05, 0.1) is 6.61 Å². The zero-order valence-corrected chi connectivity index (χ0v) is 10.2. The average Bonchev–Trinajstić information content (AvgIpc) is 2.73. The van der Waals surface area contributed by atoms with Gasteiger partial charge in [0.15, 0.2) is 11.5 Å². The lowest BCUT2D eigenvalue weighted by molar-refractivity contribution is 0.0957. The smallest absolute Gasteiger partial charge is 0.198 e. The zero-order valence-electron chi connectivity index (χ0n) is 10.2. The van der Waals surface area contributed by atoms with Crippen molar-refractivity contribution in [2.45, 2.75) is 26.7 Å². The maximum absolute atomic E-state index is 11.7. The number of furan rings is 1. The maximum Gasteiger partial charge on any atom is 0.198 e. The van der Waals surface area contributed by atoms with Gasteiger partial charge in [-0.25, -0.2) is 0 Å². The topological polar surface area (TPSA) is 39.4 Å². The largest absolute Gasteiger partial charge is 0.494 e. The summed E-state index contributed by atoms with van der Waals surface area (Å²) in [5.74, 6) is 1.30. The fraction of sp³-hybridized carbons (Fsp3) is 0.357. The van der Waals surface area contributed by atoms with Gasteiger partial charge in [0, 0.05) is 11.8 Å². The van der Waals surface area contributed by atoms with Crippen molar-refractivity contribution in [3.63, 3.8) is 0 Å². The lowest BCUT2D eigenvalue weighted by atomic mass is 10.2. The highest BCUT2D eigenvalue weighted by molar-refractivity contribution is 5.97. The van der Waals surface area contributed by atoms with E-state index in [1.165, 1.54) is 0 Å². The van der Waals surface area contributed by atoms with E-state index in [2.05, 4.69) is 0 Å². The minimum atomic E-state index is 0.0571. The Morgan fingerprint density at radius 3 is 2.82 bits per heavy atom. The first kappa shape index (κ1) is 11.7. The molecule has 3 heteroatoms. The van der Waals surface area contributed by atoms with Crippen LogP contribution in [-0.4, -0.2) is 12.4 Å². The van der Waals surface area contributed by atoms with Crippen LogP contribution in [0.3, 0.4) is 0 Å². The summed E-state index contributed by atoms with van der Waals surface area (Å²) in [5, 5.41) is 0.912. The Bertz CT molecular complexity index is 525. The lowest BCUT2D eigenvalue weighted by Crippen LogP contribution is -1.94. The normalized spacial score (nSPS) is 10.7. The molecule has 0 bridgehead atoms. The van der Waals surface area contributed by atoms with E-state index in [0.717, 1.165) is 23.1 Å². The second-order valence-electron chi connectivity index (χ2n) is 3.92. The highest BCUT2D eigenvalue weighted by Gasteiger charge is 2.11. The molecule has 0 N–H and O–H groups in total. The summed E-state index contributed by atoms with van der Waals surface area (Å²) < 4.78 is 10.9. The van der Waals surface area contributed by atoms with Crippen LogP contribution in [0.4, 0.5) is 0 Å². The van der Waals surface area contributed by atoms with Crippen molar-refractivity contribution < 1.29 is 13.9 Å². The van der Waals surface area contributed by atoms with Crippen LogP contribution in [0.5, 0.6) is 5.75 Å². The van der Waals surface area contributed by atoms with Crippen LogP contribution in [0, 0.1) is 0 Å². The van der Waals surface area contributed by atoms with Gasteiger partial charge in [0.2, 0.25) is 0 Å². The van der Waals surface area contributed by atoms with Gasteiger partial charge >= 0.3 is 0 Å². The number of carbonyl (C=O) groups is 1. The van der Waals surface area contributed by atoms with Crippen LogP contribution in [0.15, 0.2) is 28.7 Å². The first-order valence-corrected chi connectivity index (χ1v) is 5.94. The van der Waals surface area contributed by atoms with E-state index in [4.69, 9.17) is 9.15 Å². The molecular formula is C14H16O3. The quantitative estimate of drug-likeness (QED) is 0.736. The summed E-state index contributed by atoms with van der Waals surface area (Å²) in [6.07, 6.45) is 1.36. The third kappa shape index (κ3) is 2.49. The molecule has 0 unspecified atom stereocenters. The van der Waals surface area contributed by atoms with Gasteiger partial charge in [0.1, 0.15) is 11.3 Å². The summed E-state index contributed by atoms with van der Waals surface area (Å²) in [4.78, 5) is 11.7. The monoisotopic (exact) mass is 232 g/mol. The number of hydrogen-bond acceptors (Lipinski definition) is 3. The molecule has 90 valence electrons. The average molecular weight is 232 g/mol. The van der Waals surface area contributed by atoms with E-state index in [1.807, 2.05) is 32.0 Å². The molecule has 2 rings (SSSR count). The first-order valence-electron chi connectivity index (χ1n) is 5.94. The molecule has 1 aromatic heterocycles. The second kappa shape index (κ2) is 5.04. The van der Waals surface area contributed by atoms with E-state index in [-0.39, 0.29) is 5.78 Å². The Labute approximate surface area is 100 Å². The van der Waals surface area contributed by atoms with Crippen molar-refractivity contribution in [1.29, 1.82) is 0 Å². The van der Waals surface area contributed by atoms with Crippen molar-refractivity contribution in [3.8, 4) is 5.75 Å². The minimum Gasteiger partial charge on any atom is -0.494 e. The van der Waals surface area contributed by atoms with Crippen LogP contribution in [0.1, 0.15) is 37.2 Å². The molecular weight excluding hydrogens is 216 g/mol. The molecule has 0 aliphatic rings. The summed E-state index contributed by atoms with van der Waals surface area (Å²) in [5.41, 5.74) is 0.730. The fourth-order valence-corrected chi connectivity index (χ4v) is 1.77. The molecule has 2 aromatic rings. The van der Waals surface area contributed by atoms with Crippen molar-refractivity contribution in [2.75, 3.05) is 6.61 Å². The van der Waals surface area contributed by atoms with Crippen molar-refractivity contribution in [2.24, 2.45) is 0 Å². The Kier molecular flexibility index (Phi) is 3.47. The molecule has 0 amide bonds. The SMILES string of the molecule is CCCC(=O)c1cc2cc(OCC)ccc2o1. The molecule has 0 aliphatic carbocycles. The van der Waals surface area contributed by atoms with Crippen LogP contribution in [-0.2, 0) is 0 Å². The molecule has 0 saturated heterocycles.